The smallest absolute Gasteiger partial charge is 0.317 e. The molecule has 1 aliphatic heterocycles. The van der Waals surface area contributed by atoms with Crippen LogP contribution in [0, 0.1) is 5.82 Å². The lowest BCUT2D eigenvalue weighted by atomic mass is 9.97. The van der Waals surface area contributed by atoms with E-state index in [0.717, 1.165) is 0 Å². The number of likely N-dealkylation sites (N-methyl/N-ethyl adjacent to an activating group) is 1. The topological polar surface area (TPSA) is 83.5 Å². The summed E-state index contributed by atoms with van der Waals surface area (Å²) in [5.41, 5.74) is 1.44. The minimum absolute atomic E-state index is 0.192. The van der Waals surface area contributed by atoms with Crippen LogP contribution < -0.4 is 14.8 Å². The minimum atomic E-state index is -0.551. The molecule has 0 saturated carbocycles. The highest BCUT2D eigenvalue weighted by molar-refractivity contribution is 6.03. The molecule has 1 atom stereocenters. The minimum Gasteiger partial charge on any atom is -0.497 e. The van der Waals surface area contributed by atoms with Gasteiger partial charge < -0.3 is 19.7 Å². The molecule has 3 rings (SSSR count). The zero-order valence-electron chi connectivity index (χ0n) is 18.6. The standard InChI is InChI=1S/C23H27FN4O4/c1-5-25-23(30)27(2)14-22(29)28-20(17-12-15(31-3)10-11-21(17)32-4)13-19(26-28)16-8-6-7-9-18(16)24/h6-12,20H,5,13-14H2,1-4H3,(H,25,30)/t20-/m0/s1. The molecule has 3 amide bonds. The second-order valence-electron chi connectivity index (χ2n) is 7.28. The van der Waals surface area contributed by atoms with Gasteiger partial charge in [0, 0.05) is 31.1 Å². The van der Waals surface area contributed by atoms with E-state index < -0.39 is 17.8 Å². The number of nitrogens with zero attached hydrogens (tertiary/aromatic N) is 3. The summed E-state index contributed by atoms with van der Waals surface area (Å²) < 4.78 is 25.3. The number of rotatable bonds is 7. The summed E-state index contributed by atoms with van der Waals surface area (Å²) in [7, 11) is 4.61. The molecule has 170 valence electrons. The molecule has 32 heavy (non-hydrogen) atoms. The maximum Gasteiger partial charge on any atom is 0.317 e. The summed E-state index contributed by atoms with van der Waals surface area (Å²) in [5, 5.41) is 8.43. The van der Waals surface area contributed by atoms with Gasteiger partial charge in [-0.1, -0.05) is 18.2 Å². The number of ether oxygens (including phenoxy) is 2. The number of benzene rings is 2. The zero-order valence-corrected chi connectivity index (χ0v) is 18.6. The van der Waals surface area contributed by atoms with Crippen LogP contribution in [0.1, 0.15) is 30.5 Å². The zero-order chi connectivity index (χ0) is 23.3. The van der Waals surface area contributed by atoms with Gasteiger partial charge in [-0.15, -0.1) is 0 Å². The van der Waals surface area contributed by atoms with E-state index in [2.05, 4.69) is 10.4 Å². The highest BCUT2D eigenvalue weighted by Gasteiger charge is 2.36. The summed E-state index contributed by atoms with van der Waals surface area (Å²) >= 11 is 0. The van der Waals surface area contributed by atoms with Gasteiger partial charge >= 0.3 is 6.03 Å². The molecule has 0 radical (unpaired) electrons. The van der Waals surface area contributed by atoms with Crippen molar-refractivity contribution in [3.8, 4) is 11.5 Å². The number of urea groups is 1. The first kappa shape index (κ1) is 23.1. The molecule has 1 heterocycles. The molecule has 1 aliphatic rings. The Bertz CT molecular complexity index is 1030. The van der Waals surface area contributed by atoms with Crippen molar-refractivity contribution in [2.24, 2.45) is 5.10 Å². The van der Waals surface area contributed by atoms with Crippen molar-refractivity contribution in [3.05, 3.63) is 59.4 Å². The second-order valence-corrected chi connectivity index (χ2v) is 7.28. The normalized spacial score (nSPS) is 15.2. The van der Waals surface area contributed by atoms with E-state index in [1.54, 1.807) is 50.4 Å². The van der Waals surface area contributed by atoms with E-state index in [9.17, 15) is 14.0 Å². The third-order valence-electron chi connectivity index (χ3n) is 5.19. The average Bonchev–Trinajstić information content (AvgIpc) is 3.24. The summed E-state index contributed by atoms with van der Waals surface area (Å²) in [4.78, 5) is 26.6. The summed E-state index contributed by atoms with van der Waals surface area (Å²) in [5.74, 6) is 0.318. The molecule has 0 bridgehead atoms. The molecule has 0 aromatic heterocycles. The van der Waals surface area contributed by atoms with Gasteiger partial charge in [0.2, 0.25) is 0 Å². The molecule has 9 heteroatoms. The van der Waals surface area contributed by atoms with Gasteiger partial charge in [-0.3, -0.25) is 4.79 Å². The Morgan fingerprint density at radius 3 is 2.62 bits per heavy atom. The van der Waals surface area contributed by atoms with Crippen molar-refractivity contribution in [3.63, 3.8) is 0 Å². The molecule has 1 N–H and O–H groups in total. The number of hydrogen-bond acceptors (Lipinski definition) is 5. The molecule has 0 unspecified atom stereocenters. The molecule has 0 saturated heterocycles. The first-order chi connectivity index (χ1) is 15.4. The maximum atomic E-state index is 14.5. The lowest BCUT2D eigenvalue weighted by molar-refractivity contribution is -0.133. The Balaban J connectivity index is 1.99. The van der Waals surface area contributed by atoms with Crippen LogP contribution in [-0.4, -0.2) is 61.9 Å². The molecule has 0 spiro atoms. The van der Waals surface area contributed by atoms with Crippen LogP contribution in [0.15, 0.2) is 47.6 Å². The van der Waals surface area contributed by atoms with Crippen molar-refractivity contribution in [2.45, 2.75) is 19.4 Å². The SMILES string of the molecule is CCNC(=O)N(C)CC(=O)N1N=C(c2ccccc2F)C[C@H]1c1cc(OC)ccc1OC. The van der Waals surface area contributed by atoms with Gasteiger partial charge in [0.25, 0.3) is 5.91 Å². The number of methoxy groups -OCH3 is 2. The fraction of sp³-hybridized carbons (Fsp3) is 0.348. The number of carbonyl (C=O) groups excluding carboxylic acids is 2. The first-order valence-electron chi connectivity index (χ1n) is 10.2. The number of amides is 3. The number of carbonyl (C=O) groups is 2. The Morgan fingerprint density at radius 1 is 1.22 bits per heavy atom. The molecule has 2 aromatic carbocycles. The molecular weight excluding hydrogens is 415 g/mol. The monoisotopic (exact) mass is 442 g/mol. The van der Waals surface area contributed by atoms with E-state index in [0.29, 0.717) is 34.9 Å². The van der Waals surface area contributed by atoms with Gasteiger partial charge in [0.15, 0.2) is 0 Å². The lowest BCUT2D eigenvalue weighted by Crippen LogP contribution is -2.43. The van der Waals surface area contributed by atoms with Gasteiger partial charge in [0.05, 0.1) is 26.0 Å². The van der Waals surface area contributed by atoms with Crippen LogP contribution in [-0.2, 0) is 4.79 Å². The molecule has 2 aromatic rings. The number of nitrogens with one attached hydrogen (secondary N) is 1. The fourth-order valence-electron chi connectivity index (χ4n) is 3.57. The Hall–Kier alpha value is -3.62. The van der Waals surface area contributed by atoms with Crippen LogP contribution in [0.4, 0.5) is 9.18 Å². The lowest BCUT2D eigenvalue weighted by Gasteiger charge is -2.26. The van der Waals surface area contributed by atoms with Crippen LogP contribution in [0.25, 0.3) is 0 Å². The second kappa shape index (κ2) is 10.1. The number of hydrazone groups is 1. The molecule has 0 aliphatic carbocycles. The predicted octanol–water partition coefficient (Wildman–Crippen LogP) is 3.18. The van der Waals surface area contributed by atoms with Crippen molar-refractivity contribution in [1.29, 1.82) is 0 Å². The third-order valence-corrected chi connectivity index (χ3v) is 5.19. The summed E-state index contributed by atoms with van der Waals surface area (Å²) in [6, 6.07) is 10.7. The van der Waals surface area contributed by atoms with E-state index in [1.165, 1.54) is 30.1 Å². The van der Waals surface area contributed by atoms with Crippen LogP contribution >= 0.6 is 0 Å². The highest BCUT2D eigenvalue weighted by atomic mass is 19.1. The van der Waals surface area contributed by atoms with Crippen molar-refractivity contribution in [1.82, 2.24) is 15.2 Å². The van der Waals surface area contributed by atoms with Gasteiger partial charge in [-0.2, -0.15) is 5.10 Å². The van der Waals surface area contributed by atoms with Gasteiger partial charge in [-0.05, 0) is 31.2 Å². The van der Waals surface area contributed by atoms with Crippen molar-refractivity contribution < 1.29 is 23.5 Å². The number of halogens is 1. The fourth-order valence-corrected chi connectivity index (χ4v) is 3.57. The summed E-state index contributed by atoms with van der Waals surface area (Å²) in [6.45, 7) is 2.05. The Labute approximate surface area is 186 Å². The van der Waals surface area contributed by atoms with Crippen LogP contribution in [0.5, 0.6) is 11.5 Å². The average molecular weight is 442 g/mol. The van der Waals surface area contributed by atoms with Crippen molar-refractivity contribution >= 4 is 17.6 Å². The molecular formula is C23H27FN4O4. The van der Waals surface area contributed by atoms with E-state index in [-0.39, 0.29) is 19.0 Å². The maximum absolute atomic E-state index is 14.5. The number of hydrogen-bond donors (Lipinski definition) is 1. The predicted molar refractivity (Wildman–Crippen MR) is 118 cm³/mol. The van der Waals surface area contributed by atoms with E-state index >= 15 is 0 Å². The van der Waals surface area contributed by atoms with Gasteiger partial charge in [0.1, 0.15) is 23.9 Å². The first-order valence-corrected chi connectivity index (χ1v) is 10.2. The van der Waals surface area contributed by atoms with Gasteiger partial charge in [-0.25, -0.2) is 14.2 Å². The highest BCUT2D eigenvalue weighted by Crippen LogP contribution is 2.39. The Morgan fingerprint density at radius 2 is 1.97 bits per heavy atom. The van der Waals surface area contributed by atoms with Crippen LogP contribution in [0.3, 0.4) is 0 Å². The van der Waals surface area contributed by atoms with Crippen molar-refractivity contribution in [2.75, 3.05) is 34.4 Å². The summed E-state index contributed by atoms with van der Waals surface area (Å²) in [6.07, 6.45) is 0.279. The molecule has 0 fully saturated rings. The van der Waals surface area contributed by atoms with E-state index in [1.807, 2.05) is 0 Å². The third kappa shape index (κ3) is 4.82. The van der Waals surface area contributed by atoms with E-state index in [4.69, 9.17) is 9.47 Å². The Kier molecular flexibility index (Phi) is 7.29. The van der Waals surface area contributed by atoms with Crippen LogP contribution in [0.2, 0.25) is 0 Å². The molecule has 8 nitrogen and oxygen atoms in total. The largest absolute Gasteiger partial charge is 0.497 e. The quantitative estimate of drug-likeness (QED) is 0.714.